The van der Waals surface area contributed by atoms with E-state index >= 15 is 0 Å². The summed E-state index contributed by atoms with van der Waals surface area (Å²) in [7, 11) is 1.84. The van der Waals surface area contributed by atoms with E-state index in [-0.39, 0.29) is 37.2 Å². The molecule has 0 spiro atoms. The number of azo groups is 1. The summed E-state index contributed by atoms with van der Waals surface area (Å²) < 4.78 is 0. The number of hydrazine groups is 1. The first kappa shape index (κ1) is 26.9. The third-order valence-electron chi connectivity index (χ3n) is 6.39. The Bertz CT molecular complexity index is 1230. The smallest absolute Gasteiger partial charge is 0.268 e. The van der Waals surface area contributed by atoms with E-state index in [9.17, 15) is 19.2 Å². The van der Waals surface area contributed by atoms with Crippen LogP contribution < -0.4 is 26.7 Å². The molecule has 2 aromatic carbocycles. The minimum Gasteiger partial charge on any atom is -0.365 e. The average Bonchev–Trinajstić information content (AvgIpc) is 3.23. The number of rotatable bonds is 11. The van der Waals surface area contributed by atoms with Crippen LogP contribution in [0.3, 0.4) is 0 Å². The Balaban J connectivity index is 1.36. The first-order valence-corrected chi connectivity index (χ1v) is 12.6. The van der Waals surface area contributed by atoms with E-state index in [1.165, 1.54) is 5.01 Å². The molecule has 0 aliphatic carbocycles. The number of hydrogen-bond acceptors (Lipinski definition) is 9. The van der Waals surface area contributed by atoms with Gasteiger partial charge in [0.25, 0.3) is 5.91 Å². The molecule has 1 fully saturated rings. The van der Waals surface area contributed by atoms with Gasteiger partial charge in [-0.3, -0.25) is 29.5 Å². The van der Waals surface area contributed by atoms with E-state index in [1.54, 1.807) is 30.3 Å². The normalized spacial score (nSPS) is 17.1. The molecule has 1 unspecified atom stereocenters. The van der Waals surface area contributed by atoms with Crippen molar-refractivity contribution in [3.63, 3.8) is 0 Å². The summed E-state index contributed by atoms with van der Waals surface area (Å²) in [5.41, 5.74) is 11.6. The van der Waals surface area contributed by atoms with Crippen molar-refractivity contribution in [3.05, 3.63) is 53.6 Å². The Kier molecular flexibility index (Phi) is 8.77. The molecule has 1 saturated heterocycles. The van der Waals surface area contributed by atoms with Crippen LogP contribution in [0.15, 0.2) is 52.7 Å². The topological polar surface area (TPSA) is 162 Å². The Hall–Kier alpha value is -4.16. The Morgan fingerprint density at radius 1 is 1.13 bits per heavy atom. The number of unbranched alkanes of at least 4 members (excludes halogenated alkanes) is 1. The molecule has 2 heterocycles. The van der Waals surface area contributed by atoms with E-state index in [0.29, 0.717) is 42.0 Å². The molecule has 2 aliphatic heterocycles. The zero-order valence-corrected chi connectivity index (χ0v) is 21.3. The van der Waals surface area contributed by atoms with Crippen molar-refractivity contribution in [2.24, 2.45) is 16.0 Å². The maximum absolute atomic E-state index is 12.9. The van der Waals surface area contributed by atoms with E-state index < -0.39 is 11.9 Å². The van der Waals surface area contributed by atoms with Crippen molar-refractivity contribution in [2.75, 3.05) is 31.6 Å². The molecule has 0 radical (unpaired) electrons. The number of likely N-dealkylation sites (N-methyl/N-ethyl adjacent to an activating group) is 1. The monoisotopic (exact) mass is 520 g/mol. The second-order valence-electron chi connectivity index (χ2n) is 9.25. The number of hydrogen-bond donors (Lipinski definition) is 4. The fraction of sp³-hybridized carbons (Fsp3) is 0.385. The van der Waals surface area contributed by atoms with Crippen LogP contribution in [-0.2, 0) is 20.9 Å². The predicted octanol–water partition coefficient (Wildman–Crippen LogP) is 1.66. The standard InChI is InChI=1S/C26H32N8O4/c1-33(16-24(36)28-14-3-2-13-27)18-9-7-17(8-10-18)30-31-21-6-4-5-19-20(21)15-34(26(19)38)32-22-11-12-23(35)29-25(22)37/h4-10,22,32H,2-3,11-16,27H2,1H3,(H,28,36)(H,29,35,37). The lowest BCUT2D eigenvalue weighted by Crippen LogP contribution is -2.55. The van der Waals surface area contributed by atoms with Gasteiger partial charge in [0, 0.05) is 36.8 Å². The number of amides is 4. The van der Waals surface area contributed by atoms with Gasteiger partial charge in [-0.05, 0) is 62.2 Å². The lowest BCUT2D eigenvalue weighted by atomic mass is 10.1. The highest BCUT2D eigenvalue weighted by atomic mass is 16.2. The van der Waals surface area contributed by atoms with Crippen LogP contribution in [0.2, 0.25) is 0 Å². The molecule has 38 heavy (non-hydrogen) atoms. The molecule has 0 aromatic heterocycles. The van der Waals surface area contributed by atoms with E-state index in [0.717, 1.165) is 18.5 Å². The highest BCUT2D eigenvalue weighted by molar-refractivity contribution is 6.02. The van der Waals surface area contributed by atoms with Crippen molar-refractivity contribution in [1.82, 2.24) is 21.1 Å². The van der Waals surface area contributed by atoms with Crippen LogP contribution in [-0.4, -0.2) is 61.4 Å². The lowest BCUT2D eigenvalue weighted by Gasteiger charge is -2.27. The van der Waals surface area contributed by atoms with E-state index in [2.05, 4.69) is 26.3 Å². The number of anilines is 1. The first-order valence-electron chi connectivity index (χ1n) is 12.6. The highest BCUT2D eigenvalue weighted by Gasteiger charge is 2.34. The van der Waals surface area contributed by atoms with E-state index in [1.807, 2.05) is 24.1 Å². The number of carbonyl (C=O) groups excluding carboxylic acids is 4. The van der Waals surface area contributed by atoms with Crippen LogP contribution in [0, 0.1) is 0 Å². The molecule has 5 N–H and O–H groups in total. The van der Waals surface area contributed by atoms with Gasteiger partial charge in [0.2, 0.25) is 17.7 Å². The maximum atomic E-state index is 12.9. The van der Waals surface area contributed by atoms with Crippen molar-refractivity contribution in [1.29, 1.82) is 0 Å². The third kappa shape index (κ3) is 6.58. The number of nitrogens with two attached hydrogens (primary N) is 1. The summed E-state index contributed by atoms with van der Waals surface area (Å²) in [5.74, 6) is -1.08. The molecular formula is C26H32N8O4. The molecule has 0 saturated carbocycles. The summed E-state index contributed by atoms with van der Waals surface area (Å²) in [6, 6.07) is 11.9. The molecule has 2 aliphatic rings. The molecule has 4 amide bonds. The molecule has 200 valence electrons. The van der Waals surface area contributed by atoms with Gasteiger partial charge in [-0.25, -0.2) is 5.43 Å². The number of nitrogens with zero attached hydrogens (tertiary/aromatic N) is 4. The SMILES string of the molecule is CN(CC(=O)NCCCCN)c1ccc(N=Nc2cccc3c2CN(NC2CCC(=O)NC2=O)C3=O)cc1. The molecule has 0 bridgehead atoms. The minimum atomic E-state index is -0.657. The maximum Gasteiger partial charge on any atom is 0.268 e. The first-order chi connectivity index (χ1) is 18.4. The van der Waals surface area contributed by atoms with Gasteiger partial charge in [-0.15, -0.1) is 0 Å². The average molecular weight is 521 g/mol. The van der Waals surface area contributed by atoms with E-state index in [4.69, 9.17) is 5.73 Å². The van der Waals surface area contributed by atoms with Crippen LogP contribution in [0.4, 0.5) is 17.1 Å². The number of imide groups is 1. The number of carbonyl (C=O) groups is 4. The Morgan fingerprint density at radius 2 is 1.92 bits per heavy atom. The largest absolute Gasteiger partial charge is 0.365 e. The summed E-state index contributed by atoms with van der Waals surface area (Å²) >= 11 is 0. The number of piperidine rings is 1. The summed E-state index contributed by atoms with van der Waals surface area (Å²) in [6.45, 7) is 1.68. The van der Waals surface area contributed by atoms with Crippen LogP contribution in [0.25, 0.3) is 0 Å². The minimum absolute atomic E-state index is 0.0538. The predicted molar refractivity (Wildman–Crippen MR) is 141 cm³/mol. The van der Waals surface area contributed by atoms with Crippen molar-refractivity contribution in [3.8, 4) is 0 Å². The number of benzene rings is 2. The zero-order chi connectivity index (χ0) is 27.1. The number of nitrogens with one attached hydrogen (secondary N) is 3. The molecule has 12 nitrogen and oxygen atoms in total. The molecule has 12 heteroatoms. The van der Waals surface area contributed by atoms with Crippen LogP contribution in [0.5, 0.6) is 0 Å². The third-order valence-corrected chi connectivity index (χ3v) is 6.39. The number of fused-ring (bicyclic) bond motifs is 1. The fourth-order valence-corrected chi connectivity index (χ4v) is 4.26. The van der Waals surface area contributed by atoms with Gasteiger partial charge in [-0.2, -0.15) is 10.2 Å². The quantitative estimate of drug-likeness (QED) is 0.199. The molecule has 4 rings (SSSR count). The van der Waals surface area contributed by atoms with Gasteiger partial charge in [0.15, 0.2) is 0 Å². The Morgan fingerprint density at radius 3 is 2.66 bits per heavy atom. The van der Waals surface area contributed by atoms with Crippen molar-refractivity contribution < 1.29 is 19.2 Å². The van der Waals surface area contributed by atoms with Gasteiger partial charge in [-0.1, -0.05) is 6.07 Å². The second kappa shape index (κ2) is 12.4. The molecular weight excluding hydrogens is 488 g/mol. The lowest BCUT2D eigenvalue weighted by molar-refractivity contribution is -0.135. The highest BCUT2D eigenvalue weighted by Crippen LogP contribution is 2.32. The summed E-state index contributed by atoms with van der Waals surface area (Å²) in [4.78, 5) is 50.3. The van der Waals surface area contributed by atoms with Gasteiger partial charge in [0.1, 0.15) is 6.04 Å². The van der Waals surface area contributed by atoms with Crippen LogP contribution >= 0.6 is 0 Å². The van der Waals surface area contributed by atoms with Crippen molar-refractivity contribution in [2.45, 2.75) is 38.3 Å². The molecule has 2 aromatic rings. The summed E-state index contributed by atoms with van der Waals surface area (Å²) in [5, 5.41) is 15.2. The zero-order valence-electron chi connectivity index (χ0n) is 21.3. The van der Waals surface area contributed by atoms with Crippen LogP contribution in [0.1, 0.15) is 41.6 Å². The second-order valence-corrected chi connectivity index (χ2v) is 9.25. The Labute approximate surface area is 220 Å². The molecule has 1 atom stereocenters. The van der Waals surface area contributed by atoms with Gasteiger partial charge >= 0.3 is 0 Å². The summed E-state index contributed by atoms with van der Waals surface area (Å²) in [6.07, 6.45) is 2.28. The van der Waals surface area contributed by atoms with Gasteiger partial charge < -0.3 is 16.0 Å². The fourth-order valence-electron chi connectivity index (χ4n) is 4.26. The van der Waals surface area contributed by atoms with Crippen molar-refractivity contribution >= 4 is 40.7 Å². The van der Waals surface area contributed by atoms with Gasteiger partial charge in [0.05, 0.1) is 24.5 Å².